The summed E-state index contributed by atoms with van der Waals surface area (Å²) in [5.41, 5.74) is 0.0186. The molecule has 0 bridgehead atoms. The maximum Gasteiger partial charge on any atom is 0.354 e. The number of pyridine rings is 1. The Balaban J connectivity index is 0.00000121. The zero-order valence-electron chi connectivity index (χ0n) is 5.95. The van der Waals surface area contributed by atoms with Gasteiger partial charge in [0.1, 0.15) is 12.4 Å². The van der Waals surface area contributed by atoms with Gasteiger partial charge in [-0.1, -0.05) is 6.07 Å². The van der Waals surface area contributed by atoms with E-state index in [1.807, 2.05) is 0 Å². The van der Waals surface area contributed by atoms with Crippen molar-refractivity contribution in [2.75, 3.05) is 0 Å². The molecular formula is C7H6FIrNO2. The van der Waals surface area contributed by atoms with E-state index in [4.69, 9.17) is 5.11 Å². The number of aromatic carboxylic acids is 1. The third kappa shape index (κ3) is 2.68. The summed E-state index contributed by atoms with van der Waals surface area (Å²) < 4.78 is 11.9. The molecule has 1 N–H and O–H groups in total. The number of carbonyl (C=O) groups is 1. The molecule has 1 aromatic rings. The van der Waals surface area contributed by atoms with Crippen LogP contribution in [-0.4, -0.2) is 16.1 Å². The van der Waals surface area contributed by atoms with Crippen molar-refractivity contribution in [2.45, 2.75) is 6.67 Å². The molecule has 1 heterocycles. The molecule has 0 aliphatic rings. The molecule has 12 heavy (non-hydrogen) atoms. The van der Waals surface area contributed by atoms with E-state index < -0.39 is 12.6 Å². The summed E-state index contributed by atoms with van der Waals surface area (Å²) in [5.74, 6) is -1.14. The summed E-state index contributed by atoms with van der Waals surface area (Å²) in [6.45, 7) is -0.735. The zero-order valence-corrected chi connectivity index (χ0v) is 8.35. The van der Waals surface area contributed by atoms with E-state index in [0.717, 1.165) is 0 Å². The van der Waals surface area contributed by atoms with Crippen LogP contribution in [0.5, 0.6) is 0 Å². The van der Waals surface area contributed by atoms with Crippen molar-refractivity contribution in [1.29, 1.82) is 0 Å². The number of hydrogen-bond donors (Lipinski definition) is 1. The van der Waals surface area contributed by atoms with E-state index in [1.54, 1.807) is 0 Å². The van der Waals surface area contributed by atoms with E-state index in [2.05, 4.69) is 4.98 Å². The van der Waals surface area contributed by atoms with E-state index in [-0.39, 0.29) is 31.5 Å². The summed E-state index contributed by atoms with van der Waals surface area (Å²) >= 11 is 0. The van der Waals surface area contributed by atoms with Gasteiger partial charge in [-0.25, -0.2) is 14.2 Å². The molecule has 0 saturated carbocycles. The number of carboxylic acid groups (broad SMARTS) is 1. The Labute approximate surface area is 82.0 Å². The Morgan fingerprint density at radius 2 is 2.25 bits per heavy atom. The SMILES string of the molecule is O=C(O)c1cccc(CF)n1.[Ir]. The Hall–Kier alpha value is -0.801. The summed E-state index contributed by atoms with van der Waals surface area (Å²) in [7, 11) is 0. The van der Waals surface area contributed by atoms with Crippen molar-refractivity contribution >= 4 is 5.97 Å². The average molecular weight is 347 g/mol. The van der Waals surface area contributed by atoms with Crippen LogP contribution in [0.4, 0.5) is 4.39 Å². The monoisotopic (exact) mass is 348 g/mol. The molecule has 0 amide bonds. The second-order valence-electron chi connectivity index (χ2n) is 1.95. The van der Waals surface area contributed by atoms with Crippen molar-refractivity contribution in [2.24, 2.45) is 0 Å². The first-order valence-electron chi connectivity index (χ1n) is 2.99. The molecule has 5 heteroatoms. The molecule has 3 nitrogen and oxygen atoms in total. The van der Waals surface area contributed by atoms with E-state index in [9.17, 15) is 9.18 Å². The largest absolute Gasteiger partial charge is 0.477 e. The van der Waals surface area contributed by atoms with Gasteiger partial charge in [0.25, 0.3) is 0 Å². The van der Waals surface area contributed by atoms with Crippen molar-refractivity contribution in [3.63, 3.8) is 0 Å². The van der Waals surface area contributed by atoms with Gasteiger partial charge in [0.15, 0.2) is 0 Å². The number of halogens is 1. The number of nitrogens with zero attached hydrogens (tertiary/aromatic N) is 1. The number of carboxylic acids is 1. The van der Waals surface area contributed by atoms with Crippen LogP contribution in [0.25, 0.3) is 0 Å². The fourth-order valence-corrected chi connectivity index (χ4v) is 0.673. The van der Waals surface area contributed by atoms with Crippen LogP contribution in [0, 0.1) is 0 Å². The Morgan fingerprint density at radius 3 is 2.75 bits per heavy atom. The summed E-state index contributed by atoms with van der Waals surface area (Å²) in [6, 6.07) is 4.22. The summed E-state index contributed by atoms with van der Waals surface area (Å²) in [5, 5.41) is 8.42. The maximum atomic E-state index is 11.9. The van der Waals surface area contributed by atoms with E-state index in [0.29, 0.717) is 0 Å². The first-order valence-corrected chi connectivity index (χ1v) is 2.99. The van der Waals surface area contributed by atoms with Gasteiger partial charge in [-0.3, -0.25) is 0 Å². The molecule has 0 aliphatic carbocycles. The maximum absolute atomic E-state index is 11.9. The standard InChI is InChI=1S/C7H6FNO2.Ir/c8-4-5-2-1-3-6(9-5)7(10)11;/h1-3H,4H2,(H,10,11);. The fourth-order valence-electron chi connectivity index (χ4n) is 0.673. The minimum Gasteiger partial charge on any atom is -0.477 e. The molecule has 0 unspecified atom stereocenters. The van der Waals surface area contributed by atoms with Crippen LogP contribution in [0.15, 0.2) is 18.2 Å². The molecule has 1 rings (SSSR count). The minimum atomic E-state index is -1.14. The number of alkyl halides is 1. The molecule has 0 spiro atoms. The molecule has 1 radical (unpaired) electrons. The average Bonchev–Trinajstić information content (AvgIpc) is 2.05. The molecule has 67 valence electrons. The van der Waals surface area contributed by atoms with E-state index in [1.165, 1.54) is 18.2 Å². The molecular weight excluding hydrogens is 341 g/mol. The minimum absolute atomic E-state index is 0. The second kappa shape index (κ2) is 4.95. The van der Waals surface area contributed by atoms with Crippen molar-refractivity contribution in [1.82, 2.24) is 4.98 Å². The summed E-state index contributed by atoms with van der Waals surface area (Å²) in [6.07, 6.45) is 0. The smallest absolute Gasteiger partial charge is 0.354 e. The Morgan fingerprint density at radius 1 is 1.58 bits per heavy atom. The van der Waals surface area contributed by atoms with Crippen LogP contribution in [-0.2, 0) is 26.8 Å². The van der Waals surface area contributed by atoms with Crippen LogP contribution in [0.3, 0.4) is 0 Å². The molecule has 0 aliphatic heterocycles. The van der Waals surface area contributed by atoms with Gasteiger partial charge in [-0.15, -0.1) is 0 Å². The van der Waals surface area contributed by atoms with Crippen molar-refractivity contribution in [3.8, 4) is 0 Å². The number of rotatable bonds is 2. The predicted octanol–water partition coefficient (Wildman–Crippen LogP) is 1.25. The van der Waals surface area contributed by atoms with Gasteiger partial charge >= 0.3 is 5.97 Å². The van der Waals surface area contributed by atoms with Gasteiger partial charge < -0.3 is 5.11 Å². The quantitative estimate of drug-likeness (QED) is 0.876. The fraction of sp³-hybridized carbons (Fsp3) is 0.143. The Bertz CT molecular complexity index is 280. The third-order valence-corrected chi connectivity index (χ3v) is 1.16. The van der Waals surface area contributed by atoms with Gasteiger partial charge in [0.05, 0.1) is 5.69 Å². The normalized spacial score (nSPS) is 8.75. The molecule has 0 aromatic carbocycles. The van der Waals surface area contributed by atoms with Gasteiger partial charge in [-0.05, 0) is 12.1 Å². The second-order valence-corrected chi connectivity index (χ2v) is 1.95. The Kier molecular flexibility index (Phi) is 4.62. The van der Waals surface area contributed by atoms with Crippen molar-refractivity contribution < 1.29 is 34.4 Å². The van der Waals surface area contributed by atoms with Gasteiger partial charge in [-0.2, -0.15) is 0 Å². The molecule has 0 atom stereocenters. The summed E-state index contributed by atoms with van der Waals surface area (Å²) in [4.78, 5) is 13.8. The number of hydrogen-bond acceptors (Lipinski definition) is 2. The van der Waals surface area contributed by atoms with E-state index >= 15 is 0 Å². The van der Waals surface area contributed by atoms with Crippen LogP contribution >= 0.6 is 0 Å². The molecule has 1 aromatic heterocycles. The molecule has 0 fully saturated rings. The van der Waals surface area contributed by atoms with Gasteiger partial charge in [0, 0.05) is 20.1 Å². The van der Waals surface area contributed by atoms with Crippen LogP contribution < -0.4 is 0 Å². The van der Waals surface area contributed by atoms with Crippen LogP contribution in [0.2, 0.25) is 0 Å². The molecule has 0 saturated heterocycles. The van der Waals surface area contributed by atoms with Crippen molar-refractivity contribution in [3.05, 3.63) is 29.6 Å². The predicted molar refractivity (Wildman–Crippen MR) is 36.0 cm³/mol. The zero-order chi connectivity index (χ0) is 8.27. The van der Waals surface area contributed by atoms with Crippen LogP contribution in [0.1, 0.15) is 16.2 Å². The first kappa shape index (κ1) is 11.2. The number of aromatic nitrogens is 1. The third-order valence-electron chi connectivity index (χ3n) is 1.16. The first-order chi connectivity index (χ1) is 5.24. The van der Waals surface area contributed by atoms with Gasteiger partial charge in [0.2, 0.25) is 0 Å². The topological polar surface area (TPSA) is 50.2 Å².